The van der Waals surface area contributed by atoms with E-state index in [2.05, 4.69) is 58.9 Å². The van der Waals surface area contributed by atoms with Crippen LogP contribution in [0.15, 0.2) is 48.5 Å². The van der Waals surface area contributed by atoms with Gasteiger partial charge < -0.3 is 20.5 Å². The second kappa shape index (κ2) is 7.72. The third kappa shape index (κ3) is 3.76. The molecule has 2 unspecified atom stereocenters. The summed E-state index contributed by atoms with van der Waals surface area (Å²) < 4.78 is 0. The van der Waals surface area contributed by atoms with Crippen LogP contribution in [0.25, 0.3) is 22.0 Å². The molecule has 0 saturated carbocycles. The molecular weight excluding hydrogens is 364 g/mol. The molecule has 1 aliphatic heterocycles. The monoisotopic (exact) mass is 390 g/mol. The molecule has 6 heteroatoms. The summed E-state index contributed by atoms with van der Waals surface area (Å²) in [7, 11) is 3.42. The molecule has 1 aromatic heterocycles. The van der Waals surface area contributed by atoms with Crippen molar-refractivity contribution in [2.45, 2.75) is 25.4 Å². The average molecular weight is 390 g/mol. The van der Waals surface area contributed by atoms with Crippen LogP contribution in [-0.4, -0.2) is 54.4 Å². The topological polar surface area (TPSA) is 77.2 Å². The van der Waals surface area contributed by atoms with E-state index in [0.717, 1.165) is 22.0 Å². The number of nitrogens with one attached hydrogen (secondary N) is 3. The first kappa shape index (κ1) is 19.2. The molecule has 0 bridgehead atoms. The SMILES string of the molecule is CNC(=O)C1CC(N(C)C(=O)c2cc3ccc(-c4ccc(C)cc4)cc3[nH]2)CN1. The van der Waals surface area contributed by atoms with Gasteiger partial charge in [-0.2, -0.15) is 0 Å². The van der Waals surface area contributed by atoms with Gasteiger partial charge in [0.1, 0.15) is 5.69 Å². The third-order valence-corrected chi connectivity index (χ3v) is 5.78. The molecule has 4 rings (SSSR count). The summed E-state index contributed by atoms with van der Waals surface area (Å²) in [5.41, 5.74) is 4.99. The number of hydrogen-bond acceptors (Lipinski definition) is 3. The standard InChI is InChI=1S/C23H26N4O2/c1-14-4-6-15(7-5-14)16-8-9-17-11-21(26-19(17)10-16)23(29)27(3)18-12-20(25-13-18)22(28)24-2/h4-11,18,20,25-26H,12-13H2,1-3H3,(H,24,28). The minimum atomic E-state index is -0.250. The largest absolute Gasteiger partial charge is 0.358 e. The van der Waals surface area contributed by atoms with Gasteiger partial charge in [-0.1, -0.05) is 42.0 Å². The number of amides is 2. The second-order valence-corrected chi connectivity index (χ2v) is 7.73. The third-order valence-electron chi connectivity index (χ3n) is 5.78. The fourth-order valence-electron chi connectivity index (χ4n) is 3.91. The van der Waals surface area contributed by atoms with Crippen molar-refractivity contribution >= 4 is 22.7 Å². The van der Waals surface area contributed by atoms with Crippen LogP contribution in [0.1, 0.15) is 22.5 Å². The van der Waals surface area contributed by atoms with Crippen LogP contribution in [0.2, 0.25) is 0 Å². The maximum absolute atomic E-state index is 13.0. The molecule has 3 aromatic rings. The van der Waals surface area contributed by atoms with E-state index >= 15 is 0 Å². The highest BCUT2D eigenvalue weighted by molar-refractivity contribution is 5.99. The predicted molar refractivity (Wildman–Crippen MR) is 115 cm³/mol. The van der Waals surface area contributed by atoms with Gasteiger partial charge in [-0.05, 0) is 36.6 Å². The van der Waals surface area contributed by atoms with Crippen LogP contribution in [0, 0.1) is 6.92 Å². The molecule has 29 heavy (non-hydrogen) atoms. The minimum absolute atomic E-state index is 0.0145. The highest BCUT2D eigenvalue weighted by Gasteiger charge is 2.33. The lowest BCUT2D eigenvalue weighted by Crippen LogP contribution is -2.38. The van der Waals surface area contributed by atoms with Crippen LogP contribution >= 0.6 is 0 Å². The molecule has 1 aliphatic rings. The Hall–Kier alpha value is -3.12. The van der Waals surface area contributed by atoms with Crippen molar-refractivity contribution < 1.29 is 9.59 Å². The molecule has 150 valence electrons. The Morgan fingerprint density at radius 3 is 2.52 bits per heavy atom. The molecule has 2 heterocycles. The summed E-state index contributed by atoms with van der Waals surface area (Å²) in [6, 6.07) is 16.2. The first-order valence-corrected chi connectivity index (χ1v) is 9.88. The highest BCUT2D eigenvalue weighted by atomic mass is 16.2. The quantitative estimate of drug-likeness (QED) is 0.641. The first-order chi connectivity index (χ1) is 14.0. The number of fused-ring (bicyclic) bond motifs is 1. The van der Waals surface area contributed by atoms with Crippen LogP contribution < -0.4 is 10.6 Å². The molecule has 2 amide bonds. The van der Waals surface area contributed by atoms with Crippen LogP contribution in [-0.2, 0) is 4.79 Å². The Labute approximate surface area is 170 Å². The first-order valence-electron chi connectivity index (χ1n) is 9.88. The van der Waals surface area contributed by atoms with E-state index in [-0.39, 0.29) is 23.9 Å². The number of benzene rings is 2. The molecule has 1 saturated heterocycles. The number of carbonyl (C=O) groups excluding carboxylic acids is 2. The van der Waals surface area contributed by atoms with Crippen LogP contribution in [0.3, 0.4) is 0 Å². The second-order valence-electron chi connectivity index (χ2n) is 7.73. The van der Waals surface area contributed by atoms with Gasteiger partial charge in [-0.25, -0.2) is 0 Å². The lowest BCUT2D eigenvalue weighted by Gasteiger charge is -2.23. The van der Waals surface area contributed by atoms with Crippen molar-refractivity contribution in [3.05, 3.63) is 59.8 Å². The Morgan fingerprint density at radius 2 is 1.79 bits per heavy atom. The van der Waals surface area contributed by atoms with Crippen LogP contribution in [0.4, 0.5) is 0 Å². The molecule has 0 aliphatic carbocycles. The Morgan fingerprint density at radius 1 is 1.07 bits per heavy atom. The molecule has 3 N–H and O–H groups in total. The zero-order chi connectivity index (χ0) is 20.5. The van der Waals surface area contributed by atoms with Crippen molar-refractivity contribution in [1.29, 1.82) is 0 Å². The molecule has 1 fully saturated rings. The lowest BCUT2D eigenvalue weighted by molar-refractivity contribution is -0.122. The van der Waals surface area contributed by atoms with E-state index in [1.807, 2.05) is 12.1 Å². The molecule has 2 aromatic carbocycles. The van der Waals surface area contributed by atoms with Crippen molar-refractivity contribution in [3.8, 4) is 11.1 Å². The van der Waals surface area contributed by atoms with E-state index in [1.54, 1.807) is 19.0 Å². The molecule has 0 spiro atoms. The number of carbonyl (C=O) groups is 2. The Balaban J connectivity index is 1.54. The number of aryl methyl sites for hydroxylation is 1. The van der Waals surface area contributed by atoms with E-state index < -0.39 is 0 Å². The number of hydrogen-bond donors (Lipinski definition) is 3. The van der Waals surface area contributed by atoms with Crippen LogP contribution in [0.5, 0.6) is 0 Å². The fraction of sp³-hybridized carbons (Fsp3) is 0.304. The summed E-state index contributed by atoms with van der Waals surface area (Å²) in [6.07, 6.45) is 0.611. The zero-order valence-corrected chi connectivity index (χ0v) is 17.0. The number of likely N-dealkylation sites (N-methyl/N-ethyl adjacent to an activating group) is 2. The fourth-order valence-corrected chi connectivity index (χ4v) is 3.91. The summed E-state index contributed by atoms with van der Waals surface area (Å²) in [6.45, 7) is 2.68. The van der Waals surface area contributed by atoms with Crippen molar-refractivity contribution in [2.75, 3.05) is 20.6 Å². The van der Waals surface area contributed by atoms with Gasteiger partial charge >= 0.3 is 0 Å². The predicted octanol–water partition coefficient (Wildman–Crippen LogP) is 2.69. The highest BCUT2D eigenvalue weighted by Crippen LogP contribution is 2.26. The maximum Gasteiger partial charge on any atom is 0.270 e. The van der Waals surface area contributed by atoms with E-state index in [1.165, 1.54) is 5.56 Å². The lowest BCUT2D eigenvalue weighted by atomic mass is 10.0. The van der Waals surface area contributed by atoms with E-state index in [4.69, 9.17) is 0 Å². The number of aromatic amines is 1. The van der Waals surface area contributed by atoms with Crippen molar-refractivity contribution in [3.63, 3.8) is 0 Å². The molecule has 2 atom stereocenters. The smallest absolute Gasteiger partial charge is 0.270 e. The van der Waals surface area contributed by atoms with Gasteiger partial charge in [0.25, 0.3) is 5.91 Å². The number of aromatic nitrogens is 1. The summed E-state index contributed by atoms with van der Waals surface area (Å²) in [5.74, 6) is -0.106. The molecular formula is C23H26N4O2. The summed E-state index contributed by atoms with van der Waals surface area (Å²) in [5, 5.41) is 6.85. The maximum atomic E-state index is 13.0. The van der Waals surface area contributed by atoms with Gasteiger partial charge in [0.2, 0.25) is 5.91 Å². The van der Waals surface area contributed by atoms with Gasteiger partial charge in [0.05, 0.1) is 6.04 Å². The number of H-pyrrole nitrogens is 1. The Bertz CT molecular complexity index is 1050. The zero-order valence-electron chi connectivity index (χ0n) is 17.0. The number of nitrogens with zero attached hydrogens (tertiary/aromatic N) is 1. The van der Waals surface area contributed by atoms with Gasteiger partial charge in [0.15, 0.2) is 0 Å². The van der Waals surface area contributed by atoms with Gasteiger partial charge in [-0.3, -0.25) is 9.59 Å². The minimum Gasteiger partial charge on any atom is -0.358 e. The van der Waals surface area contributed by atoms with Gasteiger partial charge in [0, 0.05) is 37.6 Å². The van der Waals surface area contributed by atoms with Gasteiger partial charge in [-0.15, -0.1) is 0 Å². The van der Waals surface area contributed by atoms with E-state index in [0.29, 0.717) is 18.7 Å². The number of rotatable bonds is 4. The summed E-state index contributed by atoms with van der Waals surface area (Å²) >= 11 is 0. The van der Waals surface area contributed by atoms with Crippen molar-refractivity contribution in [2.24, 2.45) is 0 Å². The summed E-state index contributed by atoms with van der Waals surface area (Å²) in [4.78, 5) is 29.8. The normalized spacial score (nSPS) is 18.7. The van der Waals surface area contributed by atoms with E-state index in [9.17, 15) is 9.59 Å². The molecule has 0 radical (unpaired) electrons. The Kier molecular flexibility index (Phi) is 5.11. The average Bonchev–Trinajstić information content (AvgIpc) is 3.39. The molecule has 6 nitrogen and oxygen atoms in total. The van der Waals surface area contributed by atoms with Crippen molar-refractivity contribution in [1.82, 2.24) is 20.5 Å².